The molecule has 1 aromatic heterocycles. The second kappa shape index (κ2) is 7.38. The number of imidazole rings is 1. The van der Waals surface area contributed by atoms with Crippen LogP contribution in [0.25, 0.3) is 0 Å². The number of aromatic nitrogens is 2. The Morgan fingerprint density at radius 2 is 2.22 bits per heavy atom. The Kier molecular flexibility index (Phi) is 5.28. The van der Waals surface area contributed by atoms with E-state index in [-0.39, 0.29) is 18.7 Å². The zero-order chi connectivity index (χ0) is 16.8. The average Bonchev–Trinajstić information content (AvgIpc) is 3.15. The molecular formula is C13H16N5O5-. The van der Waals surface area contributed by atoms with Gasteiger partial charge in [-0.05, 0) is 6.42 Å². The molecule has 10 nitrogen and oxygen atoms in total. The molecule has 0 spiro atoms. The zero-order valence-corrected chi connectivity index (χ0v) is 12.1. The fourth-order valence-electron chi connectivity index (χ4n) is 2.19. The number of carbonyl (C=O) groups excluding carboxylic acids is 4. The van der Waals surface area contributed by atoms with Gasteiger partial charge < -0.3 is 30.8 Å². The molecule has 0 bridgehead atoms. The summed E-state index contributed by atoms with van der Waals surface area (Å²) in [5.41, 5.74) is 0.592. The van der Waals surface area contributed by atoms with Crippen LogP contribution in [0.15, 0.2) is 12.5 Å². The Morgan fingerprint density at radius 1 is 1.43 bits per heavy atom. The van der Waals surface area contributed by atoms with Crippen molar-refractivity contribution in [2.24, 2.45) is 0 Å². The van der Waals surface area contributed by atoms with Gasteiger partial charge in [-0.25, -0.2) is 4.98 Å². The highest BCUT2D eigenvalue weighted by Crippen LogP contribution is 2.07. The summed E-state index contributed by atoms with van der Waals surface area (Å²) in [5, 5.41) is 17.6. The highest BCUT2D eigenvalue weighted by Gasteiger charge is 2.30. The van der Waals surface area contributed by atoms with Gasteiger partial charge in [0.1, 0.15) is 12.1 Å². The number of aliphatic carboxylic acids is 1. The summed E-state index contributed by atoms with van der Waals surface area (Å²) < 4.78 is 0. The summed E-state index contributed by atoms with van der Waals surface area (Å²) in [6.45, 7) is -0.658. The number of H-pyrrole nitrogens is 1. The van der Waals surface area contributed by atoms with Gasteiger partial charge in [0.15, 0.2) is 0 Å². The van der Waals surface area contributed by atoms with E-state index < -0.39 is 36.4 Å². The maximum absolute atomic E-state index is 12.1. The third-order valence-corrected chi connectivity index (χ3v) is 3.33. The second-order valence-electron chi connectivity index (χ2n) is 5.09. The van der Waals surface area contributed by atoms with Gasteiger partial charge in [-0.15, -0.1) is 0 Å². The molecule has 1 fully saturated rings. The Labute approximate surface area is 131 Å². The van der Waals surface area contributed by atoms with Crippen molar-refractivity contribution in [1.82, 2.24) is 25.9 Å². The number of carboxylic acids is 1. The Balaban J connectivity index is 2.00. The first-order chi connectivity index (χ1) is 11.0. The molecule has 0 aliphatic carbocycles. The van der Waals surface area contributed by atoms with Gasteiger partial charge in [-0.1, -0.05) is 0 Å². The zero-order valence-electron chi connectivity index (χ0n) is 12.1. The average molecular weight is 322 g/mol. The summed E-state index contributed by atoms with van der Waals surface area (Å²) in [6, 6.07) is -1.69. The van der Waals surface area contributed by atoms with E-state index in [4.69, 9.17) is 0 Å². The number of hydrogen-bond acceptors (Lipinski definition) is 6. The van der Waals surface area contributed by atoms with Crippen LogP contribution in [0.4, 0.5) is 0 Å². The van der Waals surface area contributed by atoms with Crippen molar-refractivity contribution in [3.63, 3.8) is 0 Å². The Bertz CT molecular complexity index is 600. The van der Waals surface area contributed by atoms with Gasteiger partial charge in [0.25, 0.3) is 0 Å². The Hall–Kier alpha value is -2.91. The molecule has 0 aromatic carbocycles. The maximum atomic E-state index is 12.1. The number of carboxylic acid groups (broad SMARTS) is 1. The molecule has 2 rings (SSSR count). The number of amides is 3. The van der Waals surface area contributed by atoms with Crippen LogP contribution in [0.5, 0.6) is 0 Å². The summed E-state index contributed by atoms with van der Waals surface area (Å²) in [5.74, 6) is -2.82. The lowest BCUT2D eigenvalue weighted by Crippen LogP contribution is -2.53. The van der Waals surface area contributed by atoms with Gasteiger partial charge in [-0.2, -0.15) is 0 Å². The monoisotopic (exact) mass is 322 g/mol. The minimum atomic E-state index is -1.44. The molecule has 0 unspecified atom stereocenters. The molecule has 0 saturated carbocycles. The third-order valence-electron chi connectivity index (χ3n) is 3.33. The van der Waals surface area contributed by atoms with Crippen LogP contribution in [0, 0.1) is 0 Å². The Morgan fingerprint density at radius 3 is 2.78 bits per heavy atom. The van der Waals surface area contributed by atoms with E-state index in [1.165, 1.54) is 12.5 Å². The van der Waals surface area contributed by atoms with E-state index in [0.717, 1.165) is 0 Å². The standard InChI is InChI=1S/C13H17N5O5/c19-10-2-1-8(17-10)13(23)18-9(3-7-4-14-6-16-7)12(22)15-5-11(20)21/h4,6,8-9H,1-3,5H2,(H,14,16)(H,15,22)(H,17,19)(H,18,23)(H,20,21)/p-1/t8-,9-/m0/s1. The van der Waals surface area contributed by atoms with Gasteiger partial charge in [-0.3, -0.25) is 14.4 Å². The number of carbonyl (C=O) groups is 4. The first-order valence-corrected chi connectivity index (χ1v) is 7.00. The fourth-order valence-corrected chi connectivity index (χ4v) is 2.19. The van der Waals surface area contributed by atoms with E-state index >= 15 is 0 Å². The van der Waals surface area contributed by atoms with E-state index in [0.29, 0.717) is 12.1 Å². The molecule has 0 radical (unpaired) electrons. The van der Waals surface area contributed by atoms with Crippen LogP contribution in [0.2, 0.25) is 0 Å². The minimum Gasteiger partial charge on any atom is -0.548 e. The number of aromatic amines is 1. The number of nitrogens with one attached hydrogen (secondary N) is 4. The quantitative estimate of drug-likeness (QED) is 0.409. The summed E-state index contributed by atoms with van der Waals surface area (Å²) in [7, 11) is 0. The van der Waals surface area contributed by atoms with Crippen LogP contribution in [-0.4, -0.2) is 52.3 Å². The summed E-state index contributed by atoms with van der Waals surface area (Å²) >= 11 is 0. The topological polar surface area (TPSA) is 156 Å². The molecule has 10 heteroatoms. The fraction of sp³-hybridized carbons (Fsp3) is 0.462. The molecule has 124 valence electrons. The van der Waals surface area contributed by atoms with Gasteiger partial charge in [0.2, 0.25) is 17.7 Å². The molecule has 1 saturated heterocycles. The van der Waals surface area contributed by atoms with Gasteiger partial charge >= 0.3 is 0 Å². The van der Waals surface area contributed by atoms with Gasteiger partial charge in [0.05, 0.1) is 18.8 Å². The van der Waals surface area contributed by atoms with Crippen molar-refractivity contribution in [3.8, 4) is 0 Å². The van der Waals surface area contributed by atoms with Crippen LogP contribution in [-0.2, 0) is 25.6 Å². The number of hydrogen-bond donors (Lipinski definition) is 4. The molecule has 3 amide bonds. The third kappa shape index (κ3) is 4.80. The first-order valence-electron chi connectivity index (χ1n) is 7.00. The summed E-state index contributed by atoms with van der Waals surface area (Å²) in [4.78, 5) is 52.4. The lowest BCUT2D eigenvalue weighted by atomic mass is 10.1. The first kappa shape index (κ1) is 16.5. The van der Waals surface area contributed by atoms with Crippen molar-refractivity contribution < 1.29 is 24.3 Å². The van der Waals surface area contributed by atoms with Crippen LogP contribution in [0.3, 0.4) is 0 Å². The van der Waals surface area contributed by atoms with Gasteiger partial charge in [0, 0.05) is 24.7 Å². The lowest BCUT2D eigenvalue weighted by Gasteiger charge is -2.20. The van der Waals surface area contributed by atoms with Crippen molar-refractivity contribution in [2.45, 2.75) is 31.3 Å². The van der Waals surface area contributed by atoms with E-state index in [9.17, 15) is 24.3 Å². The molecule has 1 aromatic rings. The highest BCUT2D eigenvalue weighted by molar-refractivity contribution is 5.94. The van der Waals surface area contributed by atoms with Crippen molar-refractivity contribution in [3.05, 3.63) is 18.2 Å². The molecule has 1 aliphatic rings. The van der Waals surface area contributed by atoms with Crippen molar-refractivity contribution in [2.75, 3.05) is 6.54 Å². The smallest absolute Gasteiger partial charge is 0.243 e. The highest BCUT2D eigenvalue weighted by atomic mass is 16.4. The summed E-state index contributed by atoms with van der Waals surface area (Å²) in [6.07, 6.45) is 3.61. The van der Waals surface area contributed by atoms with E-state index in [2.05, 4.69) is 25.9 Å². The SMILES string of the molecule is O=C([O-])CNC(=O)[C@H](Cc1cnc[nH]1)NC(=O)[C@@H]1CCC(=O)N1. The van der Waals surface area contributed by atoms with Crippen LogP contribution < -0.4 is 21.1 Å². The van der Waals surface area contributed by atoms with Crippen LogP contribution >= 0.6 is 0 Å². The van der Waals surface area contributed by atoms with E-state index in [1.54, 1.807) is 0 Å². The normalized spacial score (nSPS) is 18.1. The molecule has 1 aliphatic heterocycles. The van der Waals surface area contributed by atoms with Crippen molar-refractivity contribution in [1.29, 1.82) is 0 Å². The molecule has 4 N–H and O–H groups in total. The van der Waals surface area contributed by atoms with Crippen molar-refractivity contribution >= 4 is 23.7 Å². The molecule has 2 atom stereocenters. The maximum Gasteiger partial charge on any atom is 0.243 e. The molecule has 2 heterocycles. The predicted octanol–water partition coefficient (Wildman–Crippen LogP) is -3.42. The second-order valence-corrected chi connectivity index (χ2v) is 5.09. The molecular weight excluding hydrogens is 306 g/mol. The van der Waals surface area contributed by atoms with Crippen LogP contribution in [0.1, 0.15) is 18.5 Å². The largest absolute Gasteiger partial charge is 0.548 e. The lowest BCUT2D eigenvalue weighted by molar-refractivity contribution is -0.304. The van der Waals surface area contributed by atoms with E-state index in [1.807, 2.05) is 0 Å². The minimum absolute atomic E-state index is 0.102. The number of rotatable bonds is 7. The number of nitrogens with zero attached hydrogens (tertiary/aromatic N) is 1. The predicted molar refractivity (Wildman–Crippen MR) is 73.4 cm³/mol. The molecule has 23 heavy (non-hydrogen) atoms.